The summed E-state index contributed by atoms with van der Waals surface area (Å²) >= 11 is 1.88. The third-order valence-electron chi connectivity index (χ3n) is 6.62. The largest absolute Gasteiger partial charge is 0.464 e. The van der Waals surface area contributed by atoms with Gasteiger partial charge in [0.15, 0.2) is 0 Å². The van der Waals surface area contributed by atoms with Crippen LogP contribution in [0.3, 0.4) is 0 Å². The average molecular weight is 454 g/mol. The molecule has 2 aliphatic carbocycles. The Balaban J connectivity index is 1.18. The van der Waals surface area contributed by atoms with E-state index in [1.54, 1.807) is 6.07 Å². The van der Waals surface area contributed by atoms with E-state index in [1.165, 1.54) is 6.42 Å². The fourth-order valence-corrected chi connectivity index (χ4v) is 5.32. The van der Waals surface area contributed by atoms with Crippen molar-refractivity contribution in [2.45, 2.75) is 44.7 Å². The fourth-order valence-electron chi connectivity index (χ4n) is 4.42. The zero-order valence-electron chi connectivity index (χ0n) is 18.6. The maximum absolute atomic E-state index is 12.8. The van der Waals surface area contributed by atoms with E-state index in [2.05, 4.69) is 29.3 Å². The zero-order chi connectivity index (χ0) is 22.1. The molecule has 2 heterocycles. The Kier molecular flexibility index (Phi) is 6.28. The molecule has 1 N–H and O–H groups in total. The number of benzene rings is 1. The second-order valence-electron chi connectivity index (χ2n) is 9.29. The molecule has 0 radical (unpaired) electrons. The first kappa shape index (κ1) is 21.6. The van der Waals surface area contributed by atoms with E-state index in [0.29, 0.717) is 36.3 Å². The fraction of sp³-hybridized carbons (Fsp3) is 0.520. The maximum Gasteiger partial charge on any atom is 0.253 e. The van der Waals surface area contributed by atoms with Gasteiger partial charge in [0.25, 0.3) is 5.91 Å². The average Bonchev–Trinajstić information content (AvgIpc) is 3.73. The van der Waals surface area contributed by atoms with E-state index in [9.17, 15) is 9.59 Å². The molecule has 3 aliphatic rings. The van der Waals surface area contributed by atoms with Crippen LogP contribution < -0.4 is 5.32 Å². The quantitative estimate of drug-likeness (QED) is 0.649. The molecule has 0 bridgehead atoms. The predicted molar refractivity (Wildman–Crippen MR) is 127 cm³/mol. The van der Waals surface area contributed by atoms with Gasteiger partial charge in [0, 0.05) is 47.8 Å². The summed E-state index contributed by atoms with van der Waals surface area (Å²) in [5.74, 6) is 5.26. The van der Waals surface area contributed by atoms with Gasteiger partial charge in [-0.05, 0) is 55.5 Å². The lowest BCUT2D eigenvalue weighted by molar-refractivity contribution is -0.117. The maximum atomic E-state index is 12.8. The molecule has 1 aromatic heterocycles. The minimum absolute atomic E-state index is 0.0413. The van der Waals surface area contributed by atoms with Crippen molar-refractivity contribution in [3.8, 4) is 0 Å². The van der Waals surface area contributed by atoms with Crippen LogP contribution in [0.25, 0.3) is 0 Å². The molecule has 2 saturated carbocycles. The highest BCUT2D eigenvalue weighted by molar-refractivity contribution is 7.99. The molecule has 2 amide bonds. The van der Waals surface area contributed by atoms with Crippen molar-refractivity contribution in [1.29, 1.82) is 0 Å². The van der Waals surface area contributed by atoms with Gasteiger partial charge >= 0.3 is 0 Å². The summed E-state index contributed by atoms with van der Waals surface area (Å²) in [5, 5.41) is 2.99. The van der Waals surface area contributed by atoms with Crippen LogP contribution in [0.2, 0.25) is 0 Å². The SMILES string of the molecule is CC1CC1c1ccc(CN(CC(=O)Nc2cccc(C(=O)N3CCSCC3)c2)C2CC2)o1. The number of carbonyl (C=O) groups is 2. The molecule has 5 rings (SSSR count). The predicted octanol–water partition coefficient (Wildman–Crippen LogP) is 4.20. The second kappa shape index (κ2) is 9.32. The van der Waals surface area contributed by atoms with Crippen LogP contribution in [0.4, 0.5) is 5.69 Å². The number of anilines is 1. The smallest absolute Gasteiger partial charge is 0.253 e. The number of furan rings is 1. The van der Waals surface area contributed by atoms with Crippen molar-refractivity contribution >= 4 is 29.3 Å². The Labute approximate surface area is 193 Å². The van der Waals surface area contributed by atoms with Gasteiger partial charge < -0.3 is 14.6 Å². The summed E-state index contributed by atoms with van der Waals surface area (Å²) in [6.45, 7) is 4.80. The molecule has 3 fully saturated rings. The molecule has 0 spiro atoms. The second-order valence-corrected chi connectivity index (χ2v) is 10.5. The molecule has 170 valence electrons. The molecule has 7 heteroatoms. The van der Waals surface area contributed by atoms with Crippen molar-refractivity contribution in [3.63, 3.8) is 0 Å². The van der Waals surface area contributed by atoms with Gasteiger partial charge in [0.05, 0.1) is 13.1 Å². The van der Waals surface area contributed by atoms with Crippen LogP contribution >= 0.6 is 11.8 Å². The van der Waals surface area contributed by atoms with Gasteiger partial charge in [0.2, 0.25) is 5.91 Å². The molecule has 1 aliphatic heterocycles. The Morgan fingerprint density at radius 1 is 1.19 bits per heavy atom. The molecule has 2 unspecified atom stereocenters. The summed E-state index contributed by atoms with van der Waals surface area (Å²) in [6.07, 6.45) is 3.46. The van der Waals surface area contributed by atoms with Crippen molar-refractivity contribution < 1.29 is 14.0 Å². The first-order chi connectivity index (χ1) is 15.6. The van der Waals surface area contributed by atoms with Gasteiger partial charge in [-0.2, -0.15) is 11.8 Å². The lowest BCUT2D eigenvalue weighted by atomic mass is 10.1. The molecule has 6 nitrogen and oxygen atoms in total. The van der Waals surface area contributed by atoms with Gasteiger partial charge in [-0.25, -0.2) is 0 Å². The van der Waals surface area contributed by atoms with E-state index in [0.717, 1.165) is 54.9 Å². The van der Waals surface area contributed by atoms with Crippen molar-refractivity contribution in [1.82, 2.24) is 9.80 Å². The van der Waals surface area contributed by atoms with Crippen molar-refractivity contribution in [2.75, 3.05) is 36.5 Å². The number of nitrogens with one attached hydrogen (secondary N) is 1. The monoisotopic (exact) mass is 453 g/mol. The Hall–Kier alpha value is -2.25. The number of rotatable bonds is 8. The molecule has 2 aromatic rings. The van der Waals surface area contributed by atoms with E-state index >= 15 is 0 Å². The highest BCUT2D eigenvalue weighted by Crippen LogP contribution is 2.47. The van der Waals surface area contributed by atoms with Gasteiger partial charge in [-0.15, -0.1) is 0 Å². The van der Waals surface area contributed by atoms with Crippen LogP contribution in [-0.2, 0) is 11.3 Å². The number of thioether (sulfide) groups is 1. The topological polar surface area (TPSA) is 65.8 Å². The number of nitrogens with zero attached hydrogens (tertiary/aromatic N) is 2. The van der Waals surface area contributed by atoms with Crippen LogP contribution in [0, 0.1) is 5.92 Å². The molecule has 1 aromatic carbocycles. The molecule has 1 saturated heterocycles. The highest BCUT2D eigenvalue weighted by atomic mass is 32.2. The minimum atomic E-state index is -0.0570. The van der Waals surface area contributed by atoms with E-state index < -0.39 is 0 Å². The summed E-state index contributed by atoms with van der Waals surface area (Å²) in [6, 6.07) is 11.9. The Morgan fingerprint density at radius 3 is 2.69 bits per heavy atom. The standard InChI is InChI=1S/C25H31N3O3S/c1-17-13-22(17)23-8-7-21(31-23)15-28(20-5-6-20)16-24(29)26-19-4-2-3-18(14-19)25(30)27-9-11-32-12-10-27/h2-4,7-8,14,17,20,22H,5-6,9-13,15-16H2,1H3,(H,26,29). The number of hydrogen-bond acceptors (Lipinski definition) is 5. The van der Waals surface area contributed by atoms with Crippen LogP contribution in [0.1, 0.15) is 54.0 Å². The third-order valence-corrected chi connectivity index (χ3v) is 7.56. The first-order valence-electron chi connectivity index (χ1n) is 11.7. The number of amides is 2. The summed E-state index contributed by atoms with van der Waals surface area (Å²) < 4.78 is 6.07. The summed E-state index contributed by atoms with van der Waals surface area (Å²) in [5.41, 5.74) is 1.30. The van der Waals surface area contributed by atoms with Gasteiger partial charge in [-0.3, -0.25) is 14.5 Å². The normalized spacial score (nSPS) is 22.8. The first-order valence-corrected chi connectivity index (χ1v) is 12.8. The number of carbonyl (C=O) groups excluding carboxylic acids is 2. The number of hydrogen-bond donors (Lipinski definition) is 1. The zero-order valence-corrected chi connectivity index (χ0v) is 19.4. The lowest BCUT2D eigenvalue weighted by Crippen LogP contribution is -2.38. The van der Waals surface area contributed by atoms with Gasteiger partial charge in [0.1, 0.15) is 11.5 Å². The van der Waals surface area contributed by atoms with Crippen LogP contribution in [0.15, 0.2) is 40.8 Å². The summed E-state index contributed by atoms with van der Waals surface area (Å²) in [7, 11) is 0. The molecular formula is C25H31N3O3S. The Morgan fingerprint density at radius 2 is 1.97 bits per heavy atom. The molecular weight excluding hydrogens is 422 g/mol. The molecule has 2 atom stereocenters. The molecule has 32 heavy (non-hydrogen) atoms. The van der Waals surface area contributed by atoms with Crippen molar-refractivity contribution in [2.24, 2.45) is 5.92 Å². The Bertz CT molecular complexity index is 980. The van der Waals surface area contributed by atoms with E-state index in [4.69, 9.17) is 4.42 Å². The minimum Gasteiger partial charge on any atom is -0.464 e. The highest BCUT2D eigenvalue weighted by Gasteiger charge is 2.37. The van der Waals surface area contributed by atoms with Gasteiger partial charge in [-0.1, -0.05) is 13.0 Å². The van der Waals surface area contributed by atoms with E-state index in [1.807, 2.05) is 34.9 Å². The van der Waals surface area contributed by atoms with E-state index in [-0.39, 0.29) is 11.8 Å². The van der Waals surface area contributed by atoms with Crippen LogP contribution in [-0.4, -0.2) is 58.8 Å². The third kappa shape index (κ3) is 5.21. The lowest BCUT2D eigenvalue weighted by Gasteiger charge is -2.26. The summed E-state index contributed by atoms with van der Waals surface area (Å²) in [4.78, 5) is 29.7. The van der Waals surface area contributed by atoms with Crippen LogP contribution in [0.5, 0.6) is 0 Å². The van der Waals surface area contributed by atoms with Crippen molar-refractivity contribution in [3.05, 3.63) is 53.5 Å².